The molecule has 0 saturated carbocycles. The summed E-state index contributed by atoms with van der Waals surface area (Å²) in [4.78, 5) is 0. The molecule has 1 unspecified atom stereocenters. The Balaban J connectivity index is 2.20. The van der Waals surface area contributed by atoms with Crippen LogP contribution in [0, 0.1) is 13.8 Å². The molecule has 0 spiro atoms. The smallest absolute Gasteiger partial charge is 0.0500 e. The summed E-state index contributed by atoms with van der Waals surface area (Å²) < 4.78 is 0. The second-order valence-corrected chi connectivity index (χ2v) is 4.83. The fourth-order valence-corrected chi connectivity index (χ4v) is 2.38. The number of aryl methyl sites for hydroxylation is 2. The molecule has 2 nitrogen and oxygen atoms in total. The van der Waals surface area contributed by atoms with Gasteiger partial charge in [-0.25, -0.2) is 0 Å². The van der Waals surface area contributed by atoms with Crippen molar-refractivity contribution in [1.29, 1.82) is 0 Å². The first-order valence-electron chi connectivity index (χ1n) is 6.27. The van der Waals surface area contributed by atoms with E-state index in [1.165, 1.54) is 22.3 Å². The van der Waals surface area contributed by atoms with E-state index in [1.54, 1.807) is 0 Å². The van der Waals surface area contributed by atoms with E-state index < -0.39 is 0 Å². The molecule has 2 aromatic carbocycles. The lowest BCUT2D eigenvalue weighted by Crippen LogP contribution is -2.29. The predicted molar refractivity (Wildman–Crippen MR) is 76.1 cm³/mol. The van der Waals surface area contributed by atoms with E-state index in [1.807, 2.05) is 18.2 Å². The van der Waals surface area contributed by atoms with Gasteiger partial charge in [0.2, 0.25) is 0 Å². The van der Waals surface area contributed by atoms with Crippen LogP contribution in [-0.2, 0) is 6.42 Å². The third-order valence-corrected chi connectivity index (χ3v) is 3.12. The van der Waals surface area contributed by atoms with Gasteiger partial charge in [0.15, 0.2) is 0 Å². The Morgan fingerprint density at radius 2 is 1.61 bits per heavy atom. The van der Waals surface area contributed by atoms with E-state index in [-0.39, 0.29) is 6.04 Å². The third kappa shape index (κ3) is 3.19. The zero-order valence-corrected chi connectivity index (χ0v) is 11.0. The van der Waals surface area contributed by atoms with Crippen molar-refractivity contribution < 1.29 is 0 Å². The number of hydrogen-bond donors (Lipinski definition) is 2. The van der Waals surface area contributed by atoms with Gasteiger partial charge in [-0.2, -0.15) is 0 Å². The van der Waals surface area contributed by atoms with Crippen molar-refractivity contribution in [1.82, 2.24) is 5.43 Å². The van der Waals surface area contributed by atoms with Crippen LogP contribution in [0.2, 0.25) is 0 Å². The van der Waals surface area contributed by atoms with Gasteiger partial charge >= 0.3 is 0 Å². The van der Waals surface area contributed by atoms with Crippen molar-refractivity contribution in [2.45, 2.75) is 26.3 Å². The van der Waals surface area contributed by atoms with Gasteiger partial charge in [0.25, 0.3) is 0 Å². The topological polar surface area (TPSA) is 38.0 Å². The molecule has 0 aliphatic rings. The average molecular weight is 240 g/mol. The summed E-state index contributed by atoms with van der Waals surface area (Å²) in [6, 6.07) is 17.1. The molecule has 0 aliphatic heterocycles. The number of rotatable bonds is 4. The highest BCUT2D eigenvalue weighted by Crippen LogP contribution is 2.19. The first-order chi connectivity index (χ1) is 8.69. The lowest BCUT2D eigenvalue weighted by Gasteiger charge is -2.17. The fraction of sp³-hybridized carbons (Fsp3) is 0.250. The minimum absolute atomic E-state index is 0.160. The Morgan fingerprint density at radius 1 is 1.00 bits per heavy atom. The molecule has 0 aliphatic carbocycles. The van der Waals surface area contributed by atoms with Crippen LogP contribution in [0.25, 0.3) is 0 Å². The maximum atomic E-state index is 5.68. The molecule has 0 amide bonds. The largest absolute Gasteiger partial charge is 0.271 e. The van der Waals surface area contributed by atoms with Crippen molar-refractivity contribution in [3.63, 3.8) is 0 Å². The van der Waals surface area contributed by atoms with Gasteiger partial charge < -0.3 is 0 Å². The van der Waals surface area contributed by atoms with Gasteiger partial charge in [-0.3, -0.25) is 11.3 Å². The van der Waals surface area contributed by atoms with E-state index in [2.05, 4.69) is 49.6 Å². The zero-order valence-electron chi connectivity index (χ0n) is 11.0. The summed E-state index contributed by atoms with van der Waals surface area (Å²) in [5, 5.41) is 0. The number of benzene rings is 2. The van der Waals surface area contributed by atoms with Crippen LogP contribution in [0.1, 0.15) is 28.3 Å². The van der Waals surface area contributed by atoms with Crippen molar-refractivity contribution in [2.24, 2.45) is 5.84 Å². The summed E-state index contributed by atoms with van der Waals surface area (Å²) in [7, 11) is 0. The lowest BCUT2D eigenvalue weighted by atomic mass is 9.97. The molecule has 3 N–H and O–H groups in total. The highest BCUT2D eigenvalue weighted by Gasteiger charge is 2.10. The number of nitrogens with two attached hydrogens (primary N) is 1. The molecule has 2 rings (SSSR count). The van der Waals surface area contributed by atoms with Crippen LogP contribution < -0.4 is 11.3 Å². The Morgan fingerprint density at radius 3 is 2.17 bits per heavy atom. The fourth-order valence-electron chi connectivity index (χ4n) is 2.38. The maximum absolute atomic E-state index is 5.68. The molecular weight excluding hydrogens is 220 g/mol. The quantitative estimate of drug-likeness (QED) is 0.636. The molecular formula is C16H20N2. The van der Waals surface area contributed by atoms with Gasteiger partial charge in [0.05, 0.1) is 0 Å². The number of hydrogen-bond acceptors (Lipinski definition) is 2. The SMILES string of the molecule is Cc1cc(C)cc(CC(NN)c2ccccc2)c1. The molecule has 1 atom stereocenters. The third-order valence-electron chi connectivity index (χ3n) is 3.12. The first-order valence-corrected chi connectivity index (χ1v) is 6.27. The van der Waals surface area contributed by atoms with E-state index in [9.17, 15) is 0 Å². The standard InChI is InChI=1S/C16H20N2/c1-12-8-13(2)10-14(9-12)11-16(18-17)15-6-4-3-5-7-15/h3-10,16,18H,11,17H2,1-2H3. The van der Waals surface area contributed by atoms with E-state index in [0.717, 1.165) is 6.42 Å². The van der Waals surface area contributed by atoms with E-state index >= 15 is 0 Å². The second-order valence-electron chi connectivity index (χ2n) is 4.83. The molecule has 2 aromatic rings. The van der Waals surface area contributed by atoms with Gasteiger partial charge in [-0.1, -0.05) is 59.7 Å². The Bertz CT molecular complexity index is 486. The van der Waals surface area contributed by atoms with Crippen molar-refractivity contribution >= 4 is 0 Å². The van der Waals surface area contributed by atoms with Crippen LogP contribution in [0.4, 0.5) is 0 Å². The summed E-state index contributed by atoms with van der Waals surface area (Å²) in [6.07, 6.45) is 0.906. The van der Waals surface area contributed by atoms with Crippen LogP contribution in [-0.4, -0.2) is 0 Å². The lowest BCUT2D eigenvalue weighted by molar-refractivity contribution is 0.552. The van der Waals surface area contributed by atoms with Crippen molar-refractivity contribution in [3.05, 3.63) is 70.8 Å². The monoisotopic (exact) mass is 240 g/mol. The average Bonchev–Trinajstić information content (AvgIpc) is 2.36. The maximum Gasteiger partial charge on any atom is 0.0500 e. The molecule has 18 heavy (non-hydrogen) atoms. The highest BCUT2D eigenvalue weighted by molar-refractivity contribution is 5.30. The molecule has 0 saturated heterocycles. The van der Waals surface area contributed by atoms with Crippen molar-refractivity contribution in [2.75, 3.05) is 0 Å². The van der Waals surface area contributed by atoms with Gasteiger partial charge in [-0.05, 0) is 31.4 Å². The second kappa shape index (κ2) is 5.80. The van der Waals surface area contributed by atoms with E-state index in [4.69, 9.17) is 5.84 Å². The summed E-state index contributed by atoms with van der Waals surface area (Å²) >= 11 is 0. The van der Waals surface area contributed by atoms with Crippen LogP contribution in [0.15, 0.2) is 48.5 Å². The van der Waals surface area contributed by atoms with E-state index in [0.29, 0.717) is 0 Å². The summed E-state index contributed by atoms with van der Waals surface area (Å²) in [5.74, 6) is 5.68. The highest BCUT2D eigenvalue weighted by atomic mass is 15.2. The number of hydrazine groups is 1. The zero-order chi connectivity index (χ0) is 13.0. The Hall–Kier alpha value is -1.64. The van der Waals surface area contributed by atoms with Crippen molar-refractivity contribution in [3.8, 4) is 0 Å². The van der Waals surface area contributed by atoms with Crippen LogP contribution in [0.3, 0.4) is 0 Å². The minimum atomic E-state index is 0.160. The summed E-state index contributed by atoms with van der Waals surface area (Å²) in [6.45, 7) is 4.26. The molecule has 0 heterocycles. The molecule has 0 aromatic heterocycles. The van der Waals surface area contributed by atoms with Gasteiger partial charge in [0, 0.05) is 6.04 Å². The first kappa shape index (κ1) is 12.8. The Kier molecular flexibility index (Phi) is 4.13. The molecule has 0 fully saturated rings. The minimum Gasteiger partial charge on any atom is -0.271 e. The van der Waals surface area contributed by atoms with Gasteiger partial charge in [0.1, 0.15) is 0 Å². The normalized spacial score (nSPS) is 12.4. The molecule has 2 heteroatoms. The molecule has 0 radical (unpaired) electrons. The van der Waals surface area contributed by atoms with Crippen LogP contribution in [0.5, 0.6) is 0 Å². The van der Waals surface area contributed by atoms with Crippen LogP contribution >= 0.6 is 0 Å². The number of nitrogens with one attached hydrogen (secondary N) is 1. The summed E-state index contributed by atoms with van der Waals surface area (Å²) in [5.41, 5.74) is 8.05. The molecule has 0 bridgehead atoms. The molecule has 94 valence electrons. The predicted octanol–water partition coefficient (Wildman–Crippen LogP) is 3.05. The Labute approximate surface area is 109 Å². The van der Waals surface area contributed by atoms with Gasteiger partial charge in [-0.15, -0.1) is 0 Å².